The second kappa shape index (κ2) is 10.2. The van der Waals surface area contributed by atoms with E-state index in [-0.39, 0.29) is 24.0 Å². The number of rotatable bonds is 6. The summed E-state index contributed by atoms with van der Waals surface area (Å²) in [6.45, 7) is 3.87. The minimum Gasteiger partial charge on any atom is -0.477 e. The maximum Gasteiger partial charge on any atom is 0.213 e. The third-order valence-corrected chi connectivity index (χ3v) is 5.00. The van der Waals surface area contributed by atoms with Gasteiger partial charge in [-0.05, 0) is 55.9 Å². The third-order valence-electron chi connectivity index (χ3n) is 5.00. The standard InChI is InChI=1S/C19H30N4O.HI/c1-14-3-8-17(9-4-14)23-19(20-2)22-12-16-7-10-18(21-11-16)24-13-15-5-6-15;/h7,10-11,14-15,17H,3-6,8-9,12-13H2,1-2H3,(H2,20,22,23);1H. The van der Waals surface area contributed by atoms with Crippen molar-refractivity contribution < 1.29 is 4.74 Å². The lowest BCUT2D eigenvalue weighted by Gasteiger charge is -2.28. The highest BCUT2D eigenvalue weighted by Crippen LogP contribution is 2.29. The van der Waals surface area contributed by atoms with Crippen LogP contribution in [0.4, 0.5) is 0 Å². The minimum absolute atomic E-state index is 0. The van der Waals surface area contributed by atoms with E-state index in [0.29, 0.717) is 6.04 Å². The normalized spacial score (nSPS) is 23.5. The fraction of sp³-hybridized carbons (Fsp3) is 0.684. The van der Waals surface area contributed by atoms with E-state index in [1.165, 1.54) is 38.5 Å². The van der Waals surface area contributed by atoms with Crippen LogP contribution in [0.5, 0.6) is 5.88 Å². The van der Waals surface area contributed by atoms with Crippen molar-refractivity contribution in [3.8, 4) is 5.88 Å². The Balaban J connectivity index is 0.00000225. The second-order valence-corrected chi connectivity index (χ2v) is 7.29. The number of aliphatic imine (C=N–C) groups is 1. The van der Waals surface area contributed by atoms with E-state index < -0.39 is 0 Å². The van der Waals surface area contributed by atoms with Crippen molar-refractivity contribution in [2.75, 3.05) is 13.7 Å². The first-order chi connectivity index (χ1) is 11.7. The van der Waals surface area contributed by atoms with Crippen molar-refractivity contribution in [2.24, 2.45) is 16.8 Å². The molecule has 1 aromatic heterocycles. The lowest BCUT2D eigenvalue weighted by Crippen LogP contribution is -2.44. The molecule has 0 aliphatic heterocycles. The summed E-state index contributed by atoms with van der Waals surface area (Å²) in [5.74, 6) is 3.23. The summed E-state index contributed by atoms with van der Waals surface area (Å²) >= 11 is 0. The number of nitrogens with zero attached hydrogens (tertiary/aromatic N) is 2. The Kier molecular flexibility index (Phi) is 8.26. The first-order valence-electron chi connectivity index (χ1n) is 9.28. The summed E-state index contributed by atoms with van der Waals surface area (Å²) in [5.41, 5.74) is 1.13. The molecule has 2 aliphatic rings. The van der Waals surface area contributed by atoms with Crippen LogP contribution in [-0.4, -0.2) is 30.6 Å². The fourth-order valence-electron chi connectivity index (χ4n) is 3.07. The molecule has 1 heterocycles. The van der Waals surface area contributed by atoms with Gasteiger partial charge >= 0.3 is 0 Å². The molecule has 0 atom stereocenters. The summed E-state index contributed by atoms with van der Waals surface area (Å²) < 4.78 is 5.67. The summed E-state index contributed by atoms with van der Waals surface area (Å²) in [4.78, 5) is 8.72. The molecular weight excluding hydrogens is 427 g/mol. The number of nitrogens with one attached hydrogen (secondary N) is 2. The van der Waals surface area contributed by atoms with E-state index in [2.05, 4.69) is 33.6 Å². The molecular formula is C19H31IN4O. The van der Waals surface area contributed by atoms with Gasteiger partial charge in [-0.15, -0.1) is 24.0 Å². The van der Waals surface area contributed by atoms with Crippen LogP contribution in [0.25, 0.3) is 0 Å². The van der Waals surface area contributed by atoms with Gasteiger partial charge in [0.15, 0.2) is 5.96 Å². The Hall–Kier alpha value is -1.05. The number of halogens is 1. The Labute approximate surface area is 168 Å². The molecule has 0 amide bonds. The van der Waals surface area contributed by atoms with E-state index in [1.807, 2.05) is 19.3 Å². The lowest BCUT2D eigenvalue weighted by atomic mass is 9.87. The van der Waals surface area contributed by atoms with E-state index in [0.717, 1.165) is 42.4 Å². The smallest absolute Gasteiger partial charge is 0.213 e. The molecule has 0 radical (unpaired) electrons. The monoisotopic (exact) mass is 458 g/mol. The molecule has 0 saturated heterocycles. The van der Waals surface area contributed by atoms with Gasteiger partial charge in [0.05, 0.1) is 6.61 Å². The predicted octanol–water partition coefficient (Wildman–Crippen LogP) is 3.73. The van der Waals surface area contributed by atoms with Crippen molar-refractivity contribution in [1.82, 2.24) is 15.6 Å². The van der Waals surface area contributed by atoms with E-state index >= 15 is 0 Å². The molecule has 140 valence electrons. The molecule has 1 aromatic rings. The summed E-state index contributed by atoms with van der Waals surface area (Å²) in [6.07, 6.45) is 9.56. The third kappa shape index (κ3) is 6.99. The average Bonchev–Trinajstić information content (AvgIpc) is 3.44. The number of hydrogen-bond acceptors (Lipinski definition) is 3. The molecule has 0 bridgehead atoms. The van der Waals surface area contributed by atoms with Gasteiger partial charge in [0.2, 0.25) is 5.88 Å². The summed E-state index contributed by atoms with van der Waals surface area (Å²) in [5, 5.41) is 6.92. The number of ether oxygens (including phenoxy) is 1. The summed E-state index contributed by atoms with van der Waals surface area (Å²) in [6, 6.07) is 4.57. The van der Waals surface area contributed by atoms with Gasteiger partial charge in [-0.2, -0.15) is 0 Å². The molecule has 2 fully saturated rings. The highest BCUT2D eigenvalue weighted by atomic mass is 127. The van der Waals surface area contributed by atoms with Gasteiger partial charge in [0.1, 0.15) is 0 Å². The van der Waals surface area contributed by atoms with Crippen LogP contribution in [0.2, 0.25) is 0 Å². The van der Waals surface area contributed by atoms with E-state index in [9.17, 15) is 0 Å². The van der Waals surface area contributed by atoms with Gasteiger partial charge in [-0.1, -0.05) is 13.0 Å². The van der Waals surface area contributed by atoms with Crippen molar-refractivity contribution in [1.29, 1.82) is 0 Å². The van der Waals surface area contributed by atoms with Gasteiger partial charge in [0.25, 0.3) is 0 Å². The molecule has 3 rings (SSSR count). The van der Waals surface area contributed by atoms with Crippen molar-refractivity contribution in [3.63, 3.8) is 0 Å². The number of aromatic nitrogens is 1. The zero-order valence-corrected chi connectivity index (χ0v) is 17.7. The van der Waals surface area contributed by atoms with Crippen LogP contribution in [0.15, 0.2) is 23.3 Å². The first kappa shape index (κ1) is 20.3. The largest absolute Gasteiger partial charge is 0.477 e. The second-order valence-electron chi connectivity index (χ2n) is 7.29. The zero-order valence-electron chi connectivity index (χ0n) is 15.3. The highest BCUT2D eigenvalue weighted by molar-refractivity contribution is 14.0. The van der Waals surface area contributed by atoms with Crippen molar-refractivity contribution in [2.45, 2.75) is 58.0 Å². The van der Waals surface area contributed by atoms with E-state index in [1.54, 1.807) is 0 Å². The van der Waals surface area contributed by atoms with Crippen molar-refractivity contribution >= 4 is 29.9 Å². The van der Waals surface area contributed by atoms with Gasteiger partial charge in [-0.25, -0.2) is 4.98 Å². The Morgan fingerprint density at radius 3 is 2.56 bits per heavy atom. The molecule has 0 unspecified atom stereocenters. The van der Waals surface area contributed by atoms with Crippen LogP contribution in [0.3, 0.4) is 0 Å². The molecule has 2 N–H and O–H groups in total. The minimum atomic E-state index is 0. The molecule has 2 saturated carbocycles. The van der Waals surface area contributed by atoms with Crippen LogP contribution < -0.4 is 15.4 Å². The SMILES string of the molecule is CN=C(NCc1ccc(OCC2CC2)nc1)NC1CCC(C)CC1.I. The molecule has 25 heavy (non-hydrogen) atoms. The number of pyridine rings is 1. The maximum absolute atomic E-state index is 5.67. The van der Waals surface area contributed by atoms with Gasteiger partial charge in [0, 0.05) is 31.9 Å². The summed E-state index contributed by atoms with van der Waals surface area (Å²) in [7, 11) is 1.83. The number of hydrogen-bond donors (Lipinski definition) is 2. The molecule has 5 nitrogen and oxygen atoms in total. The van der Waals surface area contributed by atoms with Crippen LogP contribution >= 0.6 is 24.0 Å². The predicted molar refractivity (Wildman–Crippen MR) is 113 cm³/mol. The van der Waals surface area contributed by atoms with Crippen LogP contribution in [0, 0.1) is 11.8 Å². The quantitative estimate of drug-likeness (QED) is 0.388. The first-order valence-corrected chi connectivity index (χ1v) is 9.28. The average molecular weight is 458 g/mol. The van der Waals surface area contributed by atoms with Gasteiger partial charge < -0.3 is 15.4 Å². The number of guanidine groups is 1. The Morgan fingerprint density at radius 2 is 1.96 bits per heavy atom. The van der Waals surface area contributed by atoms with Crippen molar-refractivity contribution in [3.05, 3.63) is 23.9 Å². The molecule has 0 spiro atoms. The van der Waals surface area contributed by atoms with Crippen LogP contribution in [0.1, 0.15) is 51.0 Å². The topological polar surface area (TPSA) is 58.5 Å². The highest BCUT2D eigenvalue weighted by Gasteiger charge is 2.22. The van der Waals surface area contributed by atoms with E-state index in [4.69, 9.17) is 4.74 Å². The molecule has 2 aliphatic carbocycles. The van der Waals surface area contributed by atoms with Gasteiger partial charge in [-0.3, -0.25) is 4.99 Å². The fourth-order valence-corrected chi connectivity index (χ4v) is 3.07. The Bertz CT molecular complexity index is 537. The lowest BCUT2D eigenvalue weighted by molar-refractivity contribution is 0.288. The van der Waals surface area contributed by atoms with Crippen LogP contribution in [-0.2, 0) is 6.54 Å². The molecule has 0 aromatic carbocycles. The Morgan fingerprint density at radius 1 is 1.20 bits per heavy atom. The maximum atomic E-state index is 5.67. The zero-order chi connectivity index (χ0) is 16.8. The molecule has 6 heteroatoms.